The Morgan fingerprint density at radius 2 is 1.73 bits per heavy atom. The fraction of sp³-hybridized carbons (Fsp3) is 0.714. The summed E-state index contributed by atoms with van der Waals surface area (Å²) in [7, 11) is -3.32. The molecule has 0 radical (unpaired) electrons. The highest BCUT2D eigenvalue weighted by Crippen LogP contribution is 2.22. The van der Waals surface area contributed by atoms with Crippen LogP contribution in [-0.4, -0.2) is 66.3 Å². The molecule has 0 bridgehead atoms. The van der Waals surface area contributed by atoms with Crippen molar-refractivity contribution < 1.29 is 8.42 Å². The molecule has 1 aromatic heterocycles. The van der Waals surface area contributed by atoms with E-state index >= 15 is 0 Å². The van der Waals surface area contributed by atoms with Crippen molar-refractivity contribution in [3.63, 3.8) is 0 Å². The summed E-state index contributed by atoms with van der Waals surface area (Å²) in [6.45, 7) is 5.65. The van der Waals surface area contributed by atoms with Crippen molar-refractivity contribution in [3.8, 4) is 0 Å². The van der Waals surface area contributed by atoms with Crippen LogP contribution < -0.4 is 4.90 Å². The van der Waals surface area contributed by atoms with Gasteiger partial charge in [0.15, 0.2) is 0 Å². The number of hydrogen-bond acceptors (Lipinski definition) is 5. The summed E-state index contributed by atoms with van der Waals surface area (Å²) in [4.78, 5) is 10.5. The lowest BCUT2D eigenvalue weighted by Crippen LogP contribution is -2.54. The van der Waals surface area contributed by atoms with Crippen molar-refractivity contribution in [1.29, 1.82) is 0 Å². The molecule has 8 heteroatoms. The molecule has 0 aromatic carbocycles. The van der Waals surface area contributed by atoms with Crippen LogP contribution in [0, 0.1) is 5.92 Å². The molecule has 7 nitrogen and oxygen atoms in total. The fourth-order valence-corrected chi connectivity index (χ4v) is 4.85. The first kappa shape index (κ1) is 15.6. The van der Waals surface area contributed by atoms with Crippen LogP contribution in [0.4, 0.5) is 5.95 Å². The van der Waals surface area contributed by atoms with Gasteiger partial charge in [-0.15, -0.1) is 0 Å². The molecular formula is C14H23N5O2S. The standard InChI is InChI=1S/C14H23N5O2S/c1-13-4-2-7-19(12-13)22(20,21)18-10-8-17(9-11-18)14-15-5-3-6-16-14/h3,5-6,13H,2,4,7-12H2,1H3/t13-/m0/s1. The van der Waals surface area contributed by atoms with Crippen molar-refractivity contribution in [2.24, 2.45) is 5.92 Å². The molecule has 22 heavy (non-hydrogen) atoms. The first-order chi connectivity index (χ1) is 10.6. The molecular weight excluding hydrogens is 302 g/mol. The molecule has 0 saturated carbocycles. The third-order valence-electron chi connectivity index (χ3n) is 4.35. The average molecular weight is 325 g/mol. The number of aromatic nitrogens is 2. The summed E-state index contributed by atoms with van der Waals surface area (Å²) >= 11 is 0. The Balaban J connectivity index is 1.63. The number of piperazine rings is 1. The molecule has 2 aliphatic rings. The second-order valence-electron chi connectivity index (χ2n) is 6.05. The number of hydrogen-bond donors (Lipinski definition) is 0. The van der Waals surface area contributed by atoms with Gasteiger partial charge < -0.3 is 4.90 Å². The molecule has 3 rings (SSSR count). The first-order valence-corrected chi connectivity index (χ1v) is 9.24. The number of rotatable bonds is 3. The minimum absolute atomic E-state index is 0.447. The predicted molar refractivity (Wildman–Crippen MR) is 84.7 cm³/mol. The maximum atomic E-state index is 12.7. The molecule has 3 heterocycles. The minimum Gasteiger partial charge on any atom is -0.338 e. The molecule has 1 atom stereocenters. The summed E-state index contributed by atoms with van der Waals surface area (Å²) in [5.41, 5.74) is 0. The first-order valence-electron chi connectivity index (χ1n) is 7.84. The molecule has 122 valence electrons. The zero-order chi connectivity index (χ0) is 15.6. The minimum atomic E-state index is -3.32. The normalized spacial score (nSPS) is 25.3. The van der Waals surface area contributed by atoms with Gasteiger partial charge in [-0.1, -0.05) is 6.92 Å². The van der Waals surface area contributed by atoms with E-state index in [1.54, 1.807) is 27.1 Å². The molecule has 0 amide bonds. The monoisotopic (exact) mass is 325 g/mol. The quantitative estimate of drug-likeness (QED) is 0.813. The van der Waals surface area contributed by atoms with Crippen molar-refractivity contribution in [3.05, 3.63) is 18.5 Å². The second-order valence-corrected chi connectivity index (χ2v) is 7.98. The average Bonchev–Trinajstić information content (AvgIpc) is 2.56. The Morgan fingerprint density at radius 1 is 1.05 bits per heavy atom. The molecule has 2 saturated heterocycles. The summed E-state index contributed by atoms with van der Waals surface area (Å²) in [6.07, 6.45) is 5.49. The van der Waals surface area contributed by atoms with E-state index in [1.165, 1.54) is 0 Å². The van der Waals surface area contributed by atoms with Crippen molar-refractivity contribution in [1.82, 2.24) is 18.6 Å². The Labute approximate surface area is 132 Å². The summed E-state index contributed by atoms with van der Waals surface area (Å²) in [5.74, 6) is 1.12. The summed E-state index contributed by atoms with van der Waals surface area (Å²) in [6, 6.07) is 1.78. The van der Waals surface area contributed by atoms with Gasteiger partial charge in [0.25, 0.3) is 10.2 Å². The van der Waals surface area contributed by atoms with Crippen LogP contribution in [0.3, 0.4) is 0 Å². The number of piperidine rings is 1. The largest absolute Gasteiger partial charge is 0.338 e. The van der Waals surface area contributed by atoms with Crippen LogP contribution in [0.25, 0.3) is 0 Å². The topological polar surface area (TPSA) is 69.6 Å². The third kappa shape index (κ3) is 3.23. The predicted octanol–water partition coefficient (Wildman–Crippen LogP) is 0.575. The van der Waals surface area contributed by atoms with E-state index in [9.17, 15) is 8.42 Å². The zero-order valence-corrected chi connectivity index (χ0v) is 13.7. The van der Waals surface area contributed by atoms with Gasteiger partial charge in [-0.2, -0.15) is 17.0 Å². The third-order valence-corrected chi connectivity index (χ3v) is 6.35. The van der Waals surface area contributed by atoms with E-state index in [4.69, 9.17) is 0 Å². The van der Waals surface area contributed by atoms with Crippen LogP contribution in [0.1, 0.15) is 19.8 Å². The van der Waals surface area contributed by atoms with Crippen LogP contribution in [0.15, 0.2) is 18.5 Å². The highest BCUT2D eigenvalue weighted by molar-refractivity contribution is 7.86. The van der Waals surface area contributed by atoms with Crippen LogP contribution in [0.5, 0.6) is 0 Å². The van der Waals surface area contributed by atoms with E-state index in [2.05, 4.69) is 16.9 Å². The second kappa shape index (κ2) is 6.47. The van der Waals surface area contributed by atoms with Gasteiger partial charge >= 0.3 is 0 Å². The lowest BCUT2D eigenvalue weighted by Gasteiger charge is -2.38. The van der Waals surface area contributed by atoms with Gasteiger partial charge in [-0.3, -0.25) is 0 Å². The van der Waals surface area contributed by atoms with Gasteiger partial charge in [0.1, 0.15) is 0 Å². The Hall–Kier alpha value is -1.25. The van der Waals surface area contributed by atoms with Crippen molar-refractivity contribution >= 4 is 16.2 Å². The van der Waals surface area contributed by atoms with Crippen LogP contribution in [0.2, 0.25) is 0 Å². The van der Waals surface area contributed by atoms with E-state index in [0.29, 0.717) is 51.1 Å². The van der Waals surface area contributed by atoms with Crippen molar-refractivity contribution in [2.75, 3.05) is 44.2 Å². The van der Waals surface area contributed by atoms with E-state index in [0.717, 1.165) is 12.8 Å². The SMILES string of the molecule is C[C@H]1CCCN(S(=O)(=O)N2CCN(c3ncccn3)CC2)C1. The van der Waals surface area contributed by atoms with Gasteiger partial charge in [0.05, 0.1) is 0 Å². The smallest absolute Gasteiger partial charge is 0.282 e. The van der Waals surface area contributed by atoms with Gasteiger partial charge in [0.2, 0.25) is 5.95 Å². The Kier molecular flexibility index (Phi) is 4.60. The number of anilines is 1. The van der Waals surface area contributed by atoms with E-state index in [1.807, 2.05) is 4.90 Å². The maximum Gasteiger partial charge on any atom is 0.282 e. The molecule has 0 spiro atoms. The van der Waals surface area contributed by atoms with Gasteiger partial charge in [-0.25, -0.2) is 9.97 Å². The highest BCUT2D eigenvalue weighted by atomic mass is 32.2. The van der Waals surface area contributed by atoms with Gasteiger partial charge in [-0.05, 0) is 24.8 Å². The Morgan fingerprint density at radius 3 is 2.36 bits per heavy atom. The molecule has 0 unspecified atom stereocenters. The maximum absolute atomic E-state index is 12.7. The molecule has 1 aromatic rings. The van der Waals surface area contributed by atoms with E-state index < -0.39 is 10.2 Å². The van der Waals surface area contributed by atoms with Gasteiger partial charge in [0, 0.05) is 51.7 Å². The number of nitrogens with zero attached hydrogens (tertiary/aromatic N) is 5. The van der Waals surface area contributed by atoms with E-state index in [-0.39, 0.29) is 0 Å². The summed E-state index contributed by atoms with van der Waals surface area (Å²) in [5, 5.41) is 0. The molecule has 0 N–H and O–H groups in total. The fourth-order valence-electron chi connectivity index (χ4n) is 3.09. The lowest BCUT2D eigenvalue weighted by molar-refractivity contribution is 0.254. The lowest BCUT2D eigenvalue weighted by atomic mass is 10.0. The Bertz CT molecular complexity index is 587. The molecule has 2 aliphatic heterocycles. The molecule has 0 aliphatic carbocycles. The van der Waals surface area contributed by atoms with Crippen LogP contribution in [-0.2, 0) is 10.2 Å². The molecule has 2 fully saturated rings. The van der Waals surface area contributed by atoms with Crippen LogP contribution >= 0.6 is 0 Å². The van der Waals surface area contributed by atoms with Crippen molar-refractivity contribution in [2.45, 2.75) is 19.8 Å². The summed E-state index contributed by atoms with van der Waals surface area (Å²) < 4.78 is 28.7. The zero-order valence-electron chi connectivity index (χ0n) is 12.9. The highest BCUT2D eigenvalue weighted by Gasteiger charge is 2.34.